The van der Waals surface area contributed by atoms with Crippen molar-refractivity contribution in [3.05, 3.63) is 47.5 Å². The van der Waals surface area contributed by atoms with Crippen molar-refractivity contribution in [1.29, 1.82) is 0 Å². The van der Waals surface area contributed by atoms with E-state index in [1.807, 2.05) is 0 Å². The molecule has 3 aromatic rings. The molecule has 3 rings (SSSR count). The average Bonchev–Trinajstić information content (AvgIpc) is 3.03. The van der Waals surface area contributed by atoms with Gasteiger partial charge in [0.1, 0.15) is 18.1 Å². The lowest BCUT2D eigenvalue weighted by Gasteiger charge is -2.09. The first kappa shape index (κ1) is 18.6. The van der Waals surface area contributed by atoms with Crippen molar-refractivity contribution in [2.45, 2.75) is 13.1 Å². The lowest BCUT2D eigenvalue weighted by Crippen LogP contribution is -2.18. The Morgan fingerprint density at radius 1 is 1.30 bits per heavy atom. The molecule has 0 saturated carbocycles. The molecule has 0 unspecified atom stereocenters. The van der Waals surface area contributed by atoms with Gasteiger partial charge in [0.15, 0.2) is 0 Å². The predicted octanol–water partition coefficient (Wildman–Crippen LogP) is 2.04. The van der Waals surface area contributed by atoms with Crippen LogP contribution in [0.15, 0.2) is 30.3 Å². The van der Waals surface area contributed by atoms with Gasteiger partial charge in [0.2, 0.25) is 0 Å². The van der Waals surface area contributed by atoms with Gasteiger partial charge in [0, 0.05) is 24.0 Å². The summed E-state index contributed by atoms with van der Waals surface area (Å²) in [6.07, 6.45) is -4.75. The second-order valence-electron chi connectivity index (χ2n) is 5.55. The summed E-state index contributed by atoms with van der Waals surface area (Å²) in [6.45, 7) is 2.18. The molecule has 0 atom stereocenters. The SMILES string of the molecule is Cc1cc(C(=O)Nc2cccc(OCCN)c2)n2nc(C(F)(F)F)nc2n1. The maximum absolute atomic E-state index is 12.9. The fourth-order valence-corrected chi connectivity index (χ4v) is 2.30. The molecule has 0 aliphatic carbocycles. The number of benzene rings is 1. The van der Waals surface area contributed by atoms with Gasteiger partial charge in [-0.15, -0.1) is 5.10 Å². The van der Waals surface area contributed by atoms with Gasteiger partial charge in [0.05, 0.1) is 0 Å². The zero-order valence-electron chi connectivity index (χ0n) is 14.1. The van der Waals surface area contributed by atoms with Gasteiger partial charge in [-0.3, -0.25) is 4.79 Å². The quantitative estimate of drug-likeness (QED) is 0.701. The van der Waals surface area contributed by atoms with E-state index in [0.29, 0.717) is 30.3 Å². The molecule has 2 heterocycles. The number of nitrogens with one attached hydrogen (secondary N) is 1. The highest BCUT2D eigenvalue weighted by Crippen LogP contribution is 2.26. The van der Waals surface area contributed by atoms with E-state index in [2.05, 4.69) is 20.4 Å². The Morgan fingerprint density at radius 2 is 2.07 bits per heavy atom. The standard InChI is InChI=1S/C16H15F3N6O2/c1-9-7-12(25-15(21-9)23-14(24-25)16(17,18)19)13(26)22-10-3-2-4-11(8-10)27-6-5-20/h2-4,7-8H,5-6,20H2,1H3,(H,22,26). The van der Waals surface area contributed by atoms with Gasteiger partial charge < -0.3 is 15.8 Å². The molecule has 0 aliphatic rings. The summed E-state index contributed by atoms with van der Waals surface area (Å²) in [6, 6.07) is 7.85. The molecule has 0 bridgehead atoms. The molecule has 0 aliphatic heterocycles. The Balaban J connectivity index is 1.92. The number of hydrogen-bond donors (Lipinski definition) is 2. The van der Waals surface area contributed by atoms with E-state index in [4.69, 9.17) is 10.5 Å². The van der Waals surface area contributed by atoms with Gasteiger partial charge >= 0.3 is 6.18 Å². The van der Waals surface area contributed by atoms with E-state index in [-0.39, 0.29) is 11.5 Å². The molecule has 0 radical (unpaired) electrons. The number of nitrogens with zero attached hydrogens (tertiary/aromatic N) is 4. The molecule has 11 heteroatoms. The number of carbonyl (C=O) groups is 1. The third kappa shape index (κ3) is 4.14. The van der Waals surface area contributed by atoms with Crippen molar-refractivity contribution in [3.63, 3.8) is 0 Å². The monoisotopic (exact) mass is 380 g/mol. The smallest absolute Gasteiger partial charge is 0.453 e. The van der Waals surface area contributed by atoms with Crippen molar-refractivity contribution >= 4 is 17.4 Å². The Kier molecular flexibility index (Phi) is 4.95. The summed E-state index contributed by atoms with van der Waals surface area (Å²) in [5, 5.41) is 5.96. The first-order chi connectivity index (χ1) is 12.8. The summed E-state index contributed by atoms with van der Waals surface area (Å²) >= 11 is 0. The third-order valence-electron chi connectivity index (χ3n) is 3.40. The summed E-state index contributed by atoms with van der Waals surface area (Å²) in [5.74, 6) is -1.85. The molecule has 1 aromatic carbocycles. The van der Waals surface area contributed by atoms with Crippen LogP contribution in [0, 0.1) is 6.92 Å². The molecule has 0 spiro atoms. The number of nitrogens with two attached hydrogens (primary N) is 1. The zero-order valence-corrected chi connectivity index (χ0v) is 14.1. The summed E-state index contributed by atoms with van der Waals surface area (Å²) in [4.78, 5) is 19.8. The lowest BCUT2D eigenvalue weighted by molar-refractivity contribution is -0.144. The number of aromatic nitrogens is 4. The summed E-state index contributed by atoms with van der Waals surface area (Å²) in [7, 11) is 0. The number of carbonyl (C=O) groups excluding carboxylic acids is 1. The number of aryl methyl sites for hydroxylation is 1. The molecule has 0 saturated heterocycles. The van der Waals surface area contributed by atoms with Crippen LogP contribution in [0.1, 0.15) is 22.0 Å². The number of halogens is 3. The maximum atomic E-state index is 12.9. The molecular weight excluding hydrogens is 365 g/mol. The first-order valence-electron chi connectivity index (χ1n) is 7.84. The van der Waals surface area contributed by atoms with Gasteiger partial charge in [-0.25, -0.2) is 4.98 Å². The zero-order chi connectivity index (χ0) is 19.6. The molecule has 2 aromatic heterocycles. The third-order valence-corrected chi connectivity index (χ3v) is 3.40. The largest absolute Gasteiger partial charge is 0.492 e. The van der Waals surface area contributed by atoms with Crippen molar-refractivity contribution in [3.8, 4) is 5.75 Å². The minimum absolute atomic E-state index is 0.131. The van der Waals surface area contributed by atoms with Crippen molar-refractivity contribution < 1.29 is 22.7 Å². The summed E-state index contributed by atoms with van der Waals surface area (Å²) < 4.78 is 44.7. The number of amides is 1. The van der Waals surface area contributed by atoms with Crippen LogP contribution in [0.2, 0.25) is 0 Å². The van der Waals surface area contributed by atoms with Gasteiger partial charge in [-0.05, 0) is 25.1 Å². The molecule has 27 heavy (non-hydrogen) atoms. The van der Waals surface area contributed by atoms with Crippen LogP contribution in [0.3, 0.4) is 0 Å². The van der Waals surface area contributed by atoms with Crippen LogP contribution >= 0.6 is 0 Å². The maximum Gasteiger partial charge on any atom is 0.453 e. The van der Waals surface area contributed by atoms with Crippen LogP contribution in [0.5, 0.6) is 5.75 Å². The Morgan fingerprint density at radius 3 is 2.78 bits per heavy atom. The molecule has 142 valence electrons. The van der Waals surface area contributed by atoms with E-state index in [1.54, 1.807) is 31.2 Å². The highest BCUT2D eigenvalue weighted by molar-refractivity contribution is 6.03. The Labute approximate surface area is 151 Å². The highest BCUT2D eigenvalue weighted by atomic mass is 19.4. The lowest BCUT2D eigenvalue weighted by atomic mass is 10.2. The van der Waals surface area contributed by atoms with Crippen LogP contribution in [-0.2, 0) is 6.18 Å². The van der Waals surface area contributed by atoms with E-state index in [0.717, 1.165) is 4.52 Å². The Bertz CT molecular complexity index is 986. The van der Waals surface area contributed by atoms with Crippen LogP contribution in [0.25, 0.3) is 5.78 Å². The molecule has 1 amide bonds. The molecule has 0 fully saturated rings. The molecule has 3 N–H and O–H groups in total. The van der Waals surface area contributed by atoms with Gasteiger partial charge in [0.25, 0.3) is 17.5 Å². The fourth-order valence-electron chi connectivity index (χ4n) is 2.30. The highest BCUT2D eigenvalue weighted by Gasteiger charge is 2.37. The van der Waals surface area contributed by atoms with E-state index in [9.17, 15) is 18.0 Å². The normalized spacial score (nSPS) is 11.6. The van der Waals surface area contributed by atoms with Crippen LogP contribution < -0.4 is 15.8 Å². The minimum Gasteiger partial charge on any atom is -0.492 e. The van der Waals surface area contributed by atoms with Crippen molar-refractivity contribution in [2.75, 3.05) is 18.5 Å². The van der Waals surface area contributed by atoms with Crippen molar-refractivity contribution in [1.82, 2.24) is 19.6 Å². The number of ether oxygens (including phenoxy) is 1. The van der Waals surface area contributed by atoms with E-state index < -0.39 is 17.9 Å². The number of anilines is 1. The predicted molar refractivity (Wildman–Crippen MR) is 89.5 cm³/mol. The number of alkyl halides is 3. The second-order valence-corrected chi connectivity index (χ2v) is 5.55. The number of fused-ring (bicyclic) bond motifs is 1. The fraction of sp³-hybridized carbons (Fsp3) is 0.250. The Hall–Kier alpha value is -3.21. The number of hydrogen-bond acceptors (Lipinski definition) is 6. The number of rotatable bonds is 5. The van der Waals surface area contributed by atoms with Crippen LogP contribution in [-0.4, -0.2) is 38.6 Å². The van der Waals surface area contributed by atoms with E-state index in [1.165, 1.54) is 6.07 Å². The van der Waals surface area contributed by atoms with Crippen LogP contribution in [0.4, 0.5) is 18.9 Å². The summed E-state index contributed by atoms with van der Waals surface area (Å²) in [5.41, 5.74) is 5.97. The van der Waals surface area contributed by atoms with Crippen molar-refractivity contribution in [2.24, 2.45) is 5.73 Å². The second kappa shape index (κ2) is 7.19. The van der Waals surface area contributed by atoms with E-state index >= 15 is 0 Å². The molecular formula is C16H15F3N6O2. The van der Waals surface area contributed by atoms with Gasteiger partial charge in [-0.1, -0.05) is 6.07 Å². The first-order valence-corrected chi connectivity index (χ1v) is 7.84. The topological polar surface area (TPSA) is 107 Å². The minimum atomic E-state index is -4.75. The average molecular weight is 380 g/mol. The molecule has 8 nitrogen and oxygen atoms in total. The van der Waals surface area contributed by atoms with Gasteiger partial charge in [-0.2, -0.15) is 22.7 Å².